The van der Waals surface area contributed by atoms with Gasteiger partial charge in [0.1, 0.15) is 28.9 Å². The fourth-order valence-electron chi connectivity index (χ4n) is 3.48. The molecule has 1 aliphatic heterocycles. The molecule has 1 aliphatic carbocycles. The minimum Gasteiger partial charge on any atom is -0.460 e. The number of halogens is 2. The second-order valence-electron chi connectivity index (χ2n) is 6.36. The molecule has 2 heterocycles. The summed E-state index contributed by atoms with van der Waals surface area (Å²) in [6, 6.07) is 10.6. The summed E-state index contributed by atoms with van der Waals surface area (Å²) in [4.78, 5) is 12.6. The molecular weight excluding hydrogens is 387 g/mol. The van der Waals surface area contributed by atoms with Gasteiger partial charge in [0, 0.05) is 29.0 Å². The number of ether oxygens (including phenoxy) is 1. The number of hydrogen-bond donors (Lipinski definition) is 1. The molecule has 0 fully saturated rings. The fraction of sp³-hybridized carbons (Fsp3) is 0.200. The zero-order valence-corrected chi connectivity index (χ0v) is 15.6. The number of nitrogens with two attached hydrogens (primary N) is 1. The molecule has 0 bridgehead atoms. The number of Topliss-reactive ketones (excluding diaryl/α,β-unsaturated/α-hetero) is 1. The first-order chi connectivity index (χ1) is 13.0. The highest BCUT2D eigenvalue weighted by Gasteiger charge is 2.39. The third-order valence-electron chi connectivity index (χ3n) is 4.71. The number of nitriles is 1. The summed E-state index contributed by atoms with van der Waals surface area (Å²) >= 11 is 12.3. The molecule has 1 aromatic carbocycles. The first-order valence-corrected chi connectivity index (χ1v) is 9.14. The Balaban J connectivity index is 1.83. The Morgan fingerprint density at radius 3 is 2.78 bits per heavy atom. The maximum absolute atomic E-state index is 12.6. The third-order valence-corrected chi connectivity index (χ3v) is 5.27. The van der Waals surface area contributed by atoms with Gasteiger partial charge < -0.3 is 14.9 Å². The van der Waals surface area contributed by atoms with Gasteiger partial charge in [-0.15, -0.1) is 0 Å². The average Bonchev–Trinajstić information content (AvgIpc) is 3.12. The monoisotopic (exact) mass is 400 g/mol. The van der Waals surface area contributed by atoms with E-state index in [-0.39, 0.29) is 17.2 Å². The topological polar surface area (TPSA) is 89.3 Å². The largest absolute Gasteiger partial charge is 0.460 e. The van der Waals surface area contributed by atoms with Crippen LogP contribution in [0.1, 0.15) is 30.9 Å². The normalized spacial score (nSPS) is 19.6. The number of nitrogens with zero attached hydrogens (tertiary/aromatic N) is 1. The Bertz CT molecular complexity index is 1060. The molecule has 4 rings (SSSR count). The van der Waals surface area contributed by atoms with Gasteiger partial charge in [0.25, 0.3) is 0 Å². The standard InChI is InChI=1S/C20H14Cl2N2O3/c21-10-4-5-13(22)11(8-10)15-6-7-17(26-15)18-12(9-23)20(24)27-16-3-1-2-14(25)19(16)18/h4-8,18H,1-3,24H2/t18-/m0/s1. The molecule has 0 saturated carbocycles. The second-order valence-corrected chi connectivity index (χ2v) is 7.21. The Hall–Kier alpha value is -2.68. The van der Waals surface area contributed by atoms with Crippen molar-refractivity contribution in [2.24, 2.45) is 5.73 Å². The molecule has 2 aromatic rings. The van der Waals surface area contributed by atoms with E-state index in [1.54, 1.807) is 30.3 Å². The van der Waals surface area contributed by atoms with Crippen LogP contribution in [-0.2, 0) is 9.53 Å². The number of ketones is 1. The van der Waals surface area contributed by atoms with Gasteiger partial charge in [0.2, 0.25) is 5.88 Å². The maximum Gasteiger partial charge on any atom is 0.205 e. The van der Waals surface area contributed by atoms with Gasteiger partial charge in [0.15, 0.2) is 5.78 Å². The minimum absolute atomic E-state index is 0.00897. The van der Waals surface area contributed by atoms with Crippen LogP contribution in [0.15, 0.2) is 57.5 Å². The maximum atomic E-state index is 12.6. The highest BCUT2D eigenvalue weighted by molar-refractivity contribution is 6.35. The number of furan rings is 1. The van der Waals surface area contributed by atoms with Crippen LogP contribution in [0.3, 0.4) is 0 Å². The molecule has 1 atom stereocenters. The van der Waals surface area contributed by atoms with Crippen molar-refractivity contribution in [3.63, 3.8) is 0 Å². The van der Waals surface area contributed by atoms with Crippen LogP contribution in [-0.4, -0.2) is 5.78 Å². The van der Waals surface area contributed by atoms with Gasteiger partial charge in [-0.1, -0.05) is 23.2 Å². The molecule has 27 heavy (non-hydrogen) atoms. The van der Waals surface area contributed by atoms with Gasteiger partial charge in [0.05, 0.1) is 10.9 Å². The average molecular weight is 401 g/mol. The molecule has 5 nitrogen and oxygen atoms in total. The molecule has 136 valence electrons. The van der Waals surface area contributed by atoms with E-state index >= 15 is 0 Å². The summed E-state index contributed by atoms with van der Waals surface area (Å²) < 4.78 is 11.6. The van der Waals surface area contributed by atoms with E-state index in [0.29, 0.717) is 57.7 Å². The van der Waals surface area contributed by atoms with Gasteiger partial charge in [-0.2, -0.15) is 5.26 Å². The smallest absolute Gasteiger partial charge is 0.205 e. The number of carbonyl (C=O) groups excluding carboxylic acids is 1. The van der Waals surface area contributed by atoms with Gasteiger partial charge in [-0.25, -0.2) is 0 Å². The Kier molecular flexibility index (Phi) is 4.47. The van der Waals surface area contributed by atoms with Gasteiger partial charge in [-0.05, 0) is 36.8 Å². The van der Waals surface area contributed by atoms with E-state index in [1.165, 1.54) is 0 Å². The van der Waals surface area contributed by atoms with Crippen molar-refractivity contribution in [3.8, 4) is 17.4 Å². The lowest BCUT2D eigenvalue weighted by atomic mass is 9.80. The van der Waals surface area contributed by atoms with Crippen molar-refractivity contribution < 1.29 is 13.9 Å². The lowest BCUT2D eigenvalue weighted by Crippen LogP contribution is -2.27. The van der Waals surface area contributed by atoms with Crippen molar-refractivity contribution in [1.29, 1.82) is 5.26 Å². The Morgan fingerprint density at radius 2 is 2.00 bits per heavy atom. The zero-order valence-electron chi connectivity index (χ0n) is 14.1. The summed E-state index contributed by atoms with van der Waals surface area (Å²) in [5, 5.41) is 10.6. The number of hydrogen-bond acceptors (Lipinski definition) is 5. The molecule has 2 aliphatic rings. The van der Waals surface area contributed by atoms with E-state index in [4.69, 9.17) is 38.1 Å². The van der Waals surface area contributed by atoms with E-state index in [2.05, 4.69) is 6.07 Å². The fourth-order valence-corrected chi connectivity index (χ4v) is 3.86. The molecular formula is C20H14Cl2N2O3. The van der Waals surface area contributed by atoms with Gasteiger partial charge >= 0.3 is 0 Å². The summed E-state index contributed by atoms with van der Waals surface area (Å²) in [6.07, 6.45) is 1.71. The van der Waals surface area contributed by atoms with Crippen LogP contribution in [0, 0.1) is 11.3 Å². The Morgan fingerprint density at radius 1 is 1.19 bits per heavy atom. The molecule has 0 spiro atoms. The van der Waals surface area contributed by atoms with Crippen LogP contribution in [0.4, 0.5) is 0 Å². The highest BCUT2D eigenvalue weighted by Crippen LogP contribution is 2.45. The van der Waals surface area contributed by atoms with E-state index < -0.39 is 5.92 Å². The summed E-state index contributed by atoms with van der Waals surface area (Å²) in [5.74, 6) is 0.719. The molecule has 2 N–H and O–H groups in total. The second kappa shape index (κ2) is 6.80. The van der Waals surface area contributed by atoms with Crippen molar-refractivity contribution >= 4 is 29.0 Å². The van der Waals surface area contributed by atoms with Crippen LogP contribution in [0.5, 0.6) is 0 Å². The predicted octanol–water partition coefficient (Wildman–Crippen LogP) is 5.07. The van der Waals surface area contributed by atoms with Crippen molar-refractivity contribution in [2.75, 3.05) is 0 Å². The number of allylic oxidation sites excluding steroid dienone is 3. The summed E-state index contributed by atoms with van der Waals surface area (Å²) in [7, 11) is 0. The lowest BCUT2D eigenvalue weighted by Gasteiger charge is -2.29. The van der Waals surface area contributed by atoms with Crippen LogP contribution in [0.25, 0.3) is 11.3 Å². The van der Waals surface area contributed by atoms with Crippen LogP contribution < -0.4 is 5.73 Å². The molecule has 0 unspecified atom stereocenters. The SMILES string of the molecule is N#CC1=C(N)OC2=C(C(=O)CCC2)[C@@H]1c1ccc(-c2cc(Cl)ccc2Cl)o1. The van der Waals surface area contributed by atoms with Crippen molar-refractivity contribution in [2.45, 2.75) is 25.2 Å². The third kappa shape index (κ3) is 3.01. The van der Waals surface area contributed by atoms with Gasteiger partial charge in [-0.3, -0.25) is 4.79 Å². The molecule has 1 aromatic heterocycles. The van der Waals surface area contributed by atoms with Crippen LogP contribution in [0.2, 0.25) is 10.0 Å². The molecule has 7 heteroatoms. The summed E-state index contributed by atoms with van der Waals surface area (Å²) in [5.41, 5.74) is 7.19. The zero-order chi connectivity index (χ0) is 19.1. The molecule has 0 amide bonds. The Labute approximate surface area is 165 Å². The van der Waals surface area contributed by atoms with E-state index in [1.807, 2.05) is 0 Å². The number of carbonyl (C=O) groups is 1. The molecule has 0 radical (unpaired) electrons. The van der Waals surface area contributed by atoms with Crippen molar-refractivity contribution in [3.05, 3.63) is 68.9 Å². The van der Waals surface area contributed by atoms with Crippen LogP contribution >= 0.6 is 23.2 Å². The highest BCUT2D eigenvalue weighted by atomic mass is 35.5. The number of rotatable bonds is 2. The van der Waals surface area contributed by atoms with Crippen molar-refractivity contribution in [1.82, 2.24) is 0 Å². The summed E-state index contributed by atoms with van der Waals surface area (Å²) in [6.45, 7) is 0. The lowest BCUT2D eigenvalue weighted by molar-refractivity contribution is -0.116. The minimum atomic E-state index is -0.682. The number of benzene rings is 1. The first-order valence-electron chi connectivity index (χ1n) is 8.38. The molecule has 0 saturated heterocycles. The van der Waals surface area contributed by atoms with E-state index in [0.717, 1.165) is 0 Å². The predicted molar refractivity (Wildman–Crippen MR) is 101 cm³/mol. The first kappa shape index (κ1) is 17.7. The van der Waals surface area contributed by atoms with E-state index in [9.17, 15) is 10.1 Å². The quantitative estimate of drug-likeness (QED) is 0.759.